The van der Waals surface area contributed by atoms with Gasteiger partial charge in [0.2, 0.25) is 0 Å². The monoisotopic (exact) mass is 272 g/mol. The van der Waals surface area contributed by atoms with Crippen molar-refractivity contribution in [2.75, 3.05) is 13.2 Å². The summed E-state index contributed by atoms with van der Waals surface area (Å²) in [6.45, 7) is 5.01. The van der Waals surface area contributed by atoms with Gasteiger partial charge in [-0.05, 0) is 42.5 Å². The molecule has 15 heavy (non-hydrogen) atoms. The van der Waals surface area contributed by atoms with Crippen LogP contribution in [-0.4, -0.2) is 13.2 Å². The molecule has 1 nitrogen and oxygen atoms in total. The van der Waals surface area contributed by atoms with E-state index in [0.29, 0.717) is 6.61 Å². The summed E-state index contributed by atoms with van der Waals surface area (Å²) in [5, 5.41) is 0. The molecule has 82 valence electrons. The number of fused-ring (bicyclic) bond motifs is 1. The predicted molar refractivity (Wildman–Crippen MR) is 62.1 cm³/mol. The lowest BCUT2D eigenvalue weighted by molar-refractivity contribution is 0.145. The second-order valence-electron chi connectivity index (χ2n) is 4.00. The summed E-state index contributed by atoms with van der Waals surface area (Å²) in [5.41, 5.74) is 3.78. The third-order valence-electron chi connectivity index (χ3n) is 2.91. The summed E-state index contributed by atoms with van der Waals surface area (Å²) in [4.78, 5) is 0.116. The summed E-state index contributed by atoms with van der Waals surface area (Å²) in [7, 11) is 0. The molecule has 0 amide bonds. The Morgan fingerprint density at radius 1 is 1.47 bits per heavy atom. The van der Waals surface area contributed by atoms with Gasteiger partial charge < -0.3 is 4.74 Å². The fourth-order valence-electron chi connectivity index (χ4n) is 2.15. The minimum absolute atomic E-state index is 0.0832. The van der Waals surface area contributed by atoms with Gasteiger partial charge >= 0.3 is 0 Å². The first-order valence-electron chi connectivity index (χ1n) is 5.11. The molecule has 0 radical (unpaired) electrons. The van der Waals surface area contributed by atoms with Crippen LogP contribution in [0.2, 0.25) is 0 Å². The van der Waals surface area contributed by atoms with E-state index in [-0.39, 0.29) is 10.6 Å². The number of ether oxygens (including phenoxy) is 1. The Labute approximate surface area is 97.8 Å². The molecule has 1 aromatic rings. The molecule has 3 heteroatoms. The molecule has 0 bridgehead atoms. The number of halogens is 2. The van der Waals surface area contributed by atoms with Gasteiger partial charge in [0.05, 0.1) is 18.0 Å². The molecule has 1 aliphatic rings. The molecule has 1 aliphatic heterocycles. The van der Waals surface area contributed by atoms with Crippen molar-refractivity contribution in [3.05, 3.63) is 34.1 Å². The van der Waals surface area contributed by atoms with Crippen molar-refractivity contribution in [2.24, 2.45) is 0 Å². The molecule has 1 unspecified atom stereocenters. The molecule has 0 aliphatic carbocycles. The zero-order chi connectivity index (χ0) is 11.0. The van der Waals surface area contributed by atoms with Crippen LogP contribution in [-0.2, 0) is 11.2 Å². The average molecular weight is 273 g/mol. The summed E-state index contributed by atoms with van der Waals surface area (Å²) in [6.07, 6.45) is 0.874. The Balaban J connectivity index is 2.61. The van der Waals surface area contributed by atoms with Crippen LogP contribution in [0.15, 0.2) is 6.07 Å². The van der Waals surface area contributed by atoms with Crippen LogP contribution in [0, 0.1) is 19.7 Å². The highest BCUT2D eigenvalue weighted by atomic mass is 79.9. The highest BCUT2D eigenvalue weighted by molar-refractivity contribution is 9.09. The largest absolute Gasteiger partial charge is 0.380 e. The van der Waals surface area contributed by atoms with Crippen molar-refractivity contribution in [3.8, 4) is 0 Å². The number of aryl methyl sites for hydroxylation is 1. The lowest BCUT2D eigenvalue weighted by Crippen LogP contribution is -2.04. The molecule has 0 fully saturated rings. The second kappa shape index (κ2) is 4.22. The summed E-state index contributed by atoms with van der Waals surface area (Å²) in [6, 6.07) is 1.95. The van der Waals surface area contributed by atoms with Crippen molar-refractivity contribution in [2.45, 2.75) is 25.1 Å². The van der Waals surface area contributed by atoms with Crippen molar-refractivity contribution >= 4 is 15.9 Å². The van der Waals surface area contributed by atoms with Gasteiger partial charge in [-0.1, -0.05) is 22.0 Å². The number of hydrogen-bond donors (Lipinski definition) is 0. The Morgan fingerprint density at radius 2 is 2.20 bits per heavy atom. The van der Waals surface area contributed by atoms with E-state index >= 15 is 0 Å². The standard InChI is InChI=1S/C12H14BrFO/c1-7-5-9-3-4-15-6-10(13)11(9)8(2)12(7)14/h5,10H,3-4,6H2,1-2H3. The summed E-state index contributed by atoms with van der Waals surface area (Å²) < 4.78 is 19.2. The fraction of sp³-hybridized carbons (Fsp3) is 0.500. The van der Waals surface area contributed by atoms with Gasteiger partial charge in [0.25, 0.3) is 0 Å². The molecule has 0 saturated heterocycles. The van der Waals surface area contributed by atoms with E-state index in [9.17, 15) is 4.39 Å². The van der Waals surface area contributed by atoms with Gasteiger partial charge in [-0.15, -0.1) is 0 Å². The summed E-state index contributed by atoms with van der Waals surface area (Å²) in [5.74, 6) is -0.0832. The zero-order valence-electron chi connectivity index (χ0n) is 8.94. The topological polar surface area (TPSA) is 9.23 Å². The highest BCUT2D eigenvalue weighted by Crippen LogP contribution is 2.34. The van der Waals surface area contributed by atoms with E-state index in [1.807, 2.05) is 19.9 Å². The number of rotatable bonds is 0. The summed E-state index contributed by atoms with van der Waals surface area (Å²) >= 11 is 3.55. The molecule has 2 rings (SSSR count). The lowest BCUT2D eigenvalue weighted by atomic mass is 9.95. The lowest BCUT2D eigenvalue weighted by Gasteiger charge is -2.15. The first-order chi connectivity index (χ1) is 7.11. The minimum Gasteiger partial charge on any atom is -0.380 e. The van der Waals surface area contributed by atoms with Crippen molar-refractivity contribution in [1.29, 1.82) is 0 Å². The van der Waals surface area contributed by atoms with Crippen LogP contribution in [0.3, 0.4) is 0 Å². The maximum Gasteiger partial charge on any atom is 0.129 e. The molecule has 0 spiro atoms. The fourth-order valence-corrected chi connectivity index (χ4v) is 2.98. The second-order valence-corrected chi connectivity index (χ2v) is 5.10. The van der Waals surface area contributed by atoms with E-state index in [2.05, 4.69) is 15.9 Å². The third-order valence-corrected chi connectivity index (χ3v) is 3.63. The SMILES string of the molecule is Cc1cc2c(c(C)c1F)C(Br)COCC2. The van der Waals surface area contributed by atoms with Gasteiger partial charge in [0, 0.05) is 0 Å². The van der Waals surface area contributed by atoms with Crippen molar-refractivity contribution in [1.82, 2.24) is 0 Å². The number of hydrogen-bond acceptors (Lipinski definition) is 1. The Kier molecular flexibility index (Phi) is 3.12. The van der Waals surface area contributed by atoms with Crippen LogP contribution in [0.4, 0.5) is 4.39 Å². The first-order valence-corrected chi connectivity index (χ1v) is 6.03. The zero-order valence-corrected chi connectivity index (χ0v) is 10.5. The van der Waals surface area contributed by atoms with E-state index in [1.165, 1.54) is 5.56 Å². The molecule has 0 saturated carbocycles. The Morgan fingerprint density at radius 3 is 2.93 bits per heavy atom. The van der Waals surface area contributed by atoms with Crippen LogP contribution in [0.25, 0.3) is 0 Å². The van der Waals surface area contributed by atoms with Crippen LogP contribution in [0.5, 0.6) is 0 Å². The highest BCUT2D eigenvalue weighted by Gasteiger charge is 2.21. The Hall–Kier alpha value is -0.410. The molecule has 1 atom stereocenters. The van der Waals surface area contributed by atoms with Crippen LogP contribution < -0.4 is 0 Å². The van der Waals surface area contributed by atoms with Gasteiger partial charge in [-0.2, -0.15) is 0 Å². The van der Waals surface area contributed by atoms with E-state index < -0.39 is 0 Å². The molecule has 0 N–H and O–H groups in total. The molecular weight excluding hydrogens is 259 g/mol. The van der Waals surface area contributed by atoms with Gasteiger partial charge in [-0.25, -0.2) is 4.39 Å². The van der Waals surface area contributed by atoms with Gasteiger partial charge in [0.1, 0.15) is 5.82 Å². The molecule has 1 aromatic carbocycles. The smallest absolute Gasteiger partial charge is 0.129 e. The average Bonchev–Trinajstić information content (AvgIpc) is 2.37. The maximum atomic E-state index is 13.8. The van der Waals surface area contributed by atoms with E-state index in [4.69, 9.17) is 4.74 Å². The quantitative estimate of drug-likeness (QED) is 0.658. The Bertz CT molecular complexity index is 390. The normalized spacial score (nSPS) is 20.9. The minimum atomic E-state index is -0.0832. The predicted octanol–water partition coefficient (Wildman–Crippen LogP) is 3.45. The van der Waals surface area contributed by atoms with Crippen LogP contribution in [0.1, 0.15) is 27.1 Å². The van der Waals surface area contributed by atoms with Crippen LogP contribution >= 0.6 is 15.9 Å². The number of benzene rings is 1. The van der Waals surface area contributed by atoms with E-state index in [0.717, 1.165) is 29.7 Å². The molecule has 0 aromatic heterocycles. The van der Waals surface area contributed by atoms with Gasteiger partial charge in [0.15, 0.2) is 0 Å². The maximum absolute atomic E-state index is 13.8. The molecular formula is C12H14BrFO. The van der Waals surface area contributed by atoms with Crippen molar-refractivity contribution < 1.29 is 9.13 Å². The number of alkyl halides is 1. The molecule has 1 heterocycles. The third kappa shape index (κ3) is 1.95. The van der Waals surface area contributed by atoms with Crippen molar-refractivity contribution in [3.63, 3.8) is 0 Å². The first kappa shape index (κ1) is 11.1. The van der Waals surface area contributed by atoms with E-state index in [1.54, 1.807) is 0 Å². The van der Waals surface area contributed by atoms with Gasteiger partial charge in [-0.3, -0.25) is 0 Å².